The number of hydrogen-bond donors (Lipinski definition) is 0. The molecule has 0 aliphatic heterocycles. The van der Waals surface area contributed by atoms with Crippen LogP contribution in [-0.2, 0) is 0 Å². The second-order valence-electron chi connectivity index (χ2n) is 0.858. The number of rotatable bonds is 1. The van der Waals surface area contributed by atoms with E-state index in [4.69, 9.17) is 0 Å². The van der Waals surface area contributed by atoms with Crippen molar-refractivity contribution in [2.45, 2.75) is 0 Å². The Morgan fingerprint density at radius 1 is 1.80 bits per heavy atom. The maximum Gasteiger partial charge on any atom is -0.0201 e. The molecule has 0 aromatic rings. The van der Waals surface area contributed by atoms with Crippen molar-refractivity contribution in [2.24, 2.45) is 0 Å². The highest BCUT2D eigenvalue weighted by Gasteiger charge is 1.55. The van der Waals surface area contributed by atoms with Crippen LogP contribution in [0.2, 0.25) is 0 Å². The smallest absolute Gasteiger partial charge is 0.0201 e. The molecule has 0 rings (SSSR count). The predicted octanol–water partition coefficient (Wildman–Crippen LogP) is 1.46. The van der Waals surface area contributed by atoms with Crippen LogP contribution < -0.4 is 0 Å². The van der Waals surface area contributed by atoms with E-state index in [0.717, 1.165) is 0 Å². The largest absolute Gasteiger partial charge is 0.173 e. The lowest BCUT2D eigenvalue weighted by Crippen LogP contribution is -1.41. The third-order valence-electron chi connectivity index (χ3n) is 0.285. The van der Waals surface area contributed by atoms with E-state index in [-0.39, 0.29) is 10.5 Å². The van der Waals surface area contributed by atoms with E-state index in [1.54, 1.807) is 0 Å². The van der Waals surface area contributed by atoms with Gasteiger partial charge in [0, 0.05) is 0 Å². The van der Waals surface area contributed by atoms with Gasteiger partial charge in [-0.25, -0.2) is 0 Å². The second kappa shape index (κ2) is 2.21. The van der Waals surface area contributed by atoms with Crippen molar-refractivity contribution in [1.82, 2.24) is 0 Å². The van der Waals surface area contributed by atoms with Gasteiger partial charge in [-0.3, -0.25) is 0 Å². The van der Waals surface area contributed by atoms with Gasteiger partial charge in [-0.2, -0.15) is 10.5 Å². The van der Waals surface area contributed by atoms with Crippen molar-refractivity contribution in [3.05, 3.63) is 12.0 Å². The summed E-state index contributed by atoms with van der Waals surface area (Å²) < 4.78 is 0. The summed E-state index contributed by atoms with van der Waals surface area (Å²) >= 11 is 0. The number of hydrogen-bond acceptors (Lipinski definition) is 0. The van der Waals surface area contributed by atoms with E-state index < -0.39 is 0 Å². The third kappa shape index (κ3) is 3.96. The Morgan fingerprint density at radius 3 is 2.00 bits per heavy atom. The molecular formula is C4H8S. The molecule has 0 N–H and O–H groups in total. The van der Waals surface area contributed by atoms with Gasteiger partial charge < -0.3 is 0 Å². The molecule has 0 aliphatic carbocycles. The van der Waals surface area contributed by atoms with E-state index in [2.05, 4.69) is 12.4 Å². The van der Waals surface area contributed by atoms with Gasteiger partial charge in [0.25, 0.3) is 0 Å². The van der Waals surface area contributed by atoms with Crippen molar-refractivity contribution in [1.29, 1.82) is 0 Å². The molecule has 1 atom stereocenters. The van der Waals surface area contributed by atoms with Crippen LogP contribution in [0.1, 0.15) is 0 Å². The van der Waals surface area contributed by atoms with Crippen LogP contribution in [0.25, 0.3) is 0 Å². The Hall–Kier alpha value is -0.0400. The predicted molar refractivity (Wildman–Crippen MR) is 30.8 cm³/mol. The minimum Gasteiger partial charge on any atom is -0.173 e. The first-order valence-electron chi connectivity index (χ1n) is 1.34. The minimum atomic E-state index is 0.191. The average Bonchev–Trinajstić information content (AvgIpc) is 1.38. The van der Waals surface area contributed by atoms with Crippen LogP contribution >= 0.6 is 10.5 Å². The summed E-state index contributed by atoms with van der Waals surface area (Å²) in [5.41, 5.74) is 0. The fourth-order valence-electron chi connectivity index (χ4n) is 0. The zero-order valence-corrected chi connectivity index (χ0v) is 4.22. The SMILES string of the molecule is C=CS(=C)C. The fourth-order valence-corrected chi connectivity index (χ4v) is 0. The Balaban J connectivity index is 3.20. The molecule has 30 valence electrons. The lowest BCUT2D eigenvalue weighted by molar-refractivity contribution is 2.45. The Labute approximate surface area is 35.4 Å². The Kier molecular flexibility index (Phi) is 2.19. The van der Waals surface area contributed by atoms with E-state index in [9.17, 15) is 0 Å². The zero-order valence-electron chi connectivity index (χ0n) is 3.40. The maximum atomic E-state index is 3.67. The molecule has 1 heteroatoms. The first-order valence-corrected chi connectivity index (χ1v) is 3.21. The standard InChI is InChI=1S/C4H8S/c1-4-5(2)3/h4H,1-2H2,3H3. The van der Waals surface area contributed by atoms with Crippen LogP contribution in [0, 0.1) is 0 Å². The average molecular weight is 88.2 g/mol. The topological polar surface area (TPSA) is 0 Å². The van der Waals surface area contributed by atoms with E-state index in [1.807, 2.05) is 11.7 Å². The highest BCUT2D eigenvalue weighted by molar-refractivity contribution is 8.16. The lowest BCUT2D eigenvalue weighted by Gasteiger charge is -1.75. The Bertz CT molecular complexity index is 54.7. The first-order chi connectivity index (χ1) is 2.27. The normalized spacial score (nSPS) is 13.8. The van der Waals surface area contributed by atoms with Gasteiger partial charge in [-0.15, -0.1) is 0 Å². The van der Waals surface area contributed by atoms with Gasteiger partial charge in [0.2, 0.25) is 0 Å². The van der Waals surface area contributed by atoms with E-state index in [0.29, 0.717) is 0 Å². The van der Waals surface area contributed by atoms with Crippen LogP contribution in [0.4, 0.5) is 0 Å². The molecule has 5 heavy (non-hydrogen) atoms. The third-order valence-corrected chi connectivity index (χ3v) is 0.854. The van der Waals surface area contributed by atoms with Gasteiger partial charge >= 0.3 is 0 Å². The minimum absolute atomic E-state index is 0.191. The maximum absolute atomic E-state index is 3.67. The summed E-state index contributed by atoms with van der Waals surface area (Å²) in [5, 5.41) is 1.83. The van der Waals surface area contributed by atoms with Gasteiger partial charge in [-0.1, -0.05) is 12.4 Å². The summed E-state index contributed by atoms with van der Waals surface area (Å²) in [6.45, 7) is 3.51. The molecule has 0 aliphatic rings. The van der Waals surface area contributed by atoms with Crippen LogP contribution in [0.5, 0.6) is 0 Å². The van der Waals surface area contributed by atoms with E-state index >= 15 is 0 Å². The first kappa shape index (κ1) is 4.96. The molecule has 0 heterocycles. The molecule has 0 nitrogen and oxygen atoms in total. The van der Waals surface area contributed by atoms with Crippen molar-refractivity contribution in [3.63, 3.8) is 0 Å². The molecule has 1 unspecified atom stereocenters. The highest BCUT2D eigenvalue weighted by Crippen LogP contribution is 1.98. The van der Waals surface area contributed by atoms with Crippen molar-refractivity contribution in [2.75, 3.05) is 6.26 Å². The van der Waals surface area contributed by atoms with Crippen LogP contribution in [-0.4, -0.2) is 12.1 Å². The Morgan fingerprint density at radius 2 is 2.00 bits per heavy atom. The monoisotopic (exact) mass is 88.0 g/mol. The van der Waals surface area contributed by atoms with Gasteiger partial charge in [0.05, 0.1) is 0 Å². The van der Waals surface area contributed by atoms with Gasteiger partial charge in [0.15, 0.2) is 0 Å². The van der Waals surface area contributed by atoms with Gasteiger partial charge in [-0.05, 0) is 11.7 Å². The molecule has 0 aromatic carbocycles. The molecule has 0 saturated carbocycles. The quantitative estimate of drug-likeness (QED) is 0.426. The molecule has 0 spiro atoms. The molecule has 0 fully saturated rings. The molecule has 0 amide bonds. The van der Waals surface area contributed by atoms with E-state index in [1.165, 1.54) is 0 Å². The summed E-state index contributed by atoms with van der Waals surface area (Å²) in [6, 6.07) is 0. The van der Waals surface area contributed by atoms with Crippen LogP contribution in [0.3, 0.4) is 0 Å². The zero-order chi connectivity index (χ0) is 4.28. The molecular weight excluding hydrogens is 80.1 g/mol. The van der Waals surface area contributed by atoms with Crippen molar-refractivity contribution in [3.8, 4) is 0 Å². The second-order valence-corrected chi connectivity index (χ2v) is 2.57. The van der Waals surface area contributed by atoms with Crippen LogP contribution in [0.15, 0.2) is 12.0 Å². The van der Waals surface area contributed by atoms with Crippen molar-refractivity contribution >= 4 is 16.4 Å². The summed E-state index contributed by atoms with van der Waals surface area (Å²) in [4.78, 5) is 0. The van der Waals surface area contributed by atoms with Gasteiger partial charge in [0.1, 0.15) is 0 Å². The fraction of sp³-hybridized carbons (Fsp3) is 0.250. The summed E-state index contributed by atoms with van der Waals surface area (Å²) in [6.07, 6.45) is 2.02. The molecule has 0 saturated heterocycles. The summed E-state index contributed by atoms with van der Waals surface area (Å²) in [7, 11) is 0.191. The summed E-state index contributed by atoms with van der Waals surface area (Å²) in [5.74, 6) is 3.67. The lowest BCUT2D eigenvalue weighted by atomic mass is 11.3. The molecule has 0 aromatic heterocycles. The molecule has 0 radical (unpaired) electrons. The van der Waals surface area contributed by atoms with Crippen molar-refractivity contribution < 1.29 is 0 Å². The molecule has 0 bridgehead atoms. The highest BCUT2D eigenvalue weighted by atomic mass is 32.2.